The van der Waals surface area contributed by atoms with Crippen molar-refractivity contribution in [2.24, 2.45) is 0 Å². The first-order valence-corrected chi connectivity index (χ1v) is 9.12. The molecule has 3 rings (SSSR count). The summed E-state index contributed by atoms with van der Waals surface area (Å²) in [4.78, 5) is 20.8. The van der Waals surface area contributed by atoms with Gasteiger partial charge in [0.05, 0.1) is 12.7 Å². The number of rotatable bonds is 7. The van der Waals surface area contributed by atoms with Crippen LogP contribution in [0.25, 0.3) is 0 Å². The molecule has 0 aliphatic carbocycles. The summed E-state index contributed by atoms with van der Waals surface area (Å²) in [6.07, 6.45) is 3.89. The van der Waals surface area contributed by atoms with Gasteiger partial charge in [-0.2, -0.15) is 0 Å². The Labute approximate surface area is 165 Å². The zero-order valence-corrected chi connectivity index (χ0v) is 16.3. The van der Waals surface area contributed by atoms with E-state index in [0.29, 0.717) is 18.1 Å². The van der Waals surface area contributed by atoms with Crippen LogP contribution in [0.1, 0.15) is 27.0 Å². The van der Waals surface area contributed by atoms with Crippen molar-refractivity contribution >= 4 is 17.5 Å². The lowest BCUT2D eigenvalue weighted by Gasteiger charge is -2.08. The SMILES string of the molecule is COc1ccc(CCNc2ncc(C(=O)Nc3cc(C)cc(C)c3)cn2)cc1. The molecule has 6 nitrogen and oxygen atoms in total. The number of aryl methyl sites for hydroxylation is 2. The molecule has 1 amide bonds. The summed E-state index contributed by atoms with van der Waals surface area (Å²) in [5, 5.41) is 6.05. The predicted octanol–water partition coefficient (Wildman–Crippen LogP) is 4.01. The lowest BCUT2D eigenvalue weighted by Crippen LogP contribution is -2.14. The highest BCUT2D eigenvalue weighted by Gasteiger charge is 2.08. The van der Waals surface area contributed by atoms with E-state index < -0.39 is 0 Å². The third-order valence-corrected chi connectivity index (χ3v) is 4.25. The van der Waals surface area contributed by atoms with Crippen molar-refractivity contribution in [2.45, 2.75) is 20.3 Å². The summed E-state index contributed by atoms with van der Waals surface area (Å²) < 4.78 is 5.15. The maximum absolute atomic E-state index is 12.4. The predicted molar refractivity (Wildman–Crippen MR) is 111 cm³/mol. The number of nitrogens with one attached hydrogen (secondary N) is 2. The first-order valence-electron chi connectivity index (χ1n) is 9.12. The second-order valence-electron chi connectivity index (χ2n) is 6.65. The van der Waals surface area contributed by atoms with Crippen LogP contribution in [0.2, 0.25) is 0 Å². The standard InChI is InChI=1S/C22H24N4O2/c1-15-10-16(2)12-19(11-15)26-21(27)18-13-24-22(25-14-18)23-9-8-17-4-6-20(28-3)7-5-17/h4-7,10-14H,8-9H2,1-3H3,(H,26,27)(H,23,24,25). The van der Waals surface area contributed by atoms with Gasteiger partial charge in [-0.25, -0.2) is 9.97 Å². The Morgan fingerprint density at radius 3 is 2.25 bits per heavy atom. The van der Waals surface area contributed by atoms with Gasteiger partial charge in [0.15, 0.2) is 0 Å². The van der Waals surface area contributed by atoms with Gasteiger partial charge in [0.25, 0.3) is 5.91 Å². The Balaban J connectivity index is 1.53. The molecule has 2 N–H and O–H groups in total. The summed E-state index contributed by atoms with van der Waals surface area (Å²) in [5.74, 6) is 1.11. The van der Waals surface area contributed by atoms with Crippen molar-refractivity contribution in [3.8, 4) is 5.75 Å². The highest BCUT2D eigenvalue weighted by Crippen LogP contribution is 2.15. The average Bonchev–Trinajstić information content (AvgIpc) is 2.68. The van der Waals surface area contributed by atoms with Crippen LogP contribution in [0.3, 0.4) is 0 Å². The van der Waals surface area contributed by atoms with Gasteiger partial charge in [0.1, 0.15) is 5.75 Å². The first-order chi connectivity index (χ1) is 13.5. The zero-order chi connectivity index (χ0) is 19.9. The number of amides is 1. The quantitative estimate of drug-likeness (QED) is 0.652. The summed E-state index contributed by atoms with van der Waals surface area (Å²) in [6.45, 7) is 4.69. The number of carbonyl (C=O) groups is 1. The molecule has 1 heterocycles. The smallest absolute Gasteiger partial charge is 0.258 e. The zero-order valence-electron chi connectivity index (χ0n) is 16.3. The van der Waals surface area contributed by atoms with Gasteiger partial charge in [0, 0.05) is 24.6 Å². The Morgan fingerprint density at radius 1 is 1.00 bits per heavy atom. The summed E-state index contributed by atoms with van der Waals surface area (Å²) in [7, 11) is 1.65. The Hall–Kier alpha value is -3.41. The molecule has 2 aromatic carbocycles. The number of benzene rings is 2. The van der Waals surface area contributed by atoms with Crippen molar-refractivity contribution in [2.75, 3.05) is 24.3 Å². The molecule has 28 heavy (non-hydrogen) atoms. The van der Waals surface area contributed by atoms with Crippen LogP contribution in [0.15, 0.2) is 54.9 Å². The van der Waals surface area contributed by atoms with Crippen molar-refractivity contribution in [1.82, 2.24) is 9.97 Å². The lowest BCUT2D eigenvalue weighted by atomic mass is 10.1. The molecule has 0 unspecified atom stereocenters. The van der Waals surface area contributed by atoms with E-state index in [1.807, 2.05) is 50.2 Å². The fraction of sp³-hybridized carbons (Fsp3) is 0.227. The van der Waals surface area contributed by atoms with E-state index in [1.165, 1.54) is 18.0 Å². The van der Waals surface area contributed by atoms with Gasteiger partial charge < -0.3 is 15.4 Å². The number of ether oxygens (including phenoxy) is 1. The Bertz CT molecular complexity index is 918. The number of anilines is 2. The molecule has 0 aliphatic heterocycles. The molecule has 3 aromatic rings. The molecule has 144 valence electrons. The fourth-order valence-corrected chi connectivity index (χ4v) is 2.90. The number of carbonyl (C=O) groups excluding carboxylic acids is 1. The largest absolute Gasteiger partial charge is 0.497 e. The van der Waals surface area contributed by atoms with Crippen molar-refractivity contribution < 1.29 is 9.53 Å². The average molecular weight is 376 g/mol. The minimum absolute atomic E-state index is 0.227. The van der Waals surface area contributed by atoms with Crippen LogP contribution in [0.5, 0.6) is 5.75 Å². The Morgan fingerprint density at radius 2 is 1.64 bits per heavy atom. The molecule has 0 atom stereocenters. The van der Waals surface area contributed by atoms with Crippen LogP contribution in [0, 0.1) is 13.8 Å². The van der Waals surface area contributed by atoms with E-state index in [4.69, 9.17) is 4.74 Å². The normalized spacial score (nSPS) is 10.4. The molecular formula is C22H24N4O2. The maximum atomic E-state index is 12.4. The molecule has 0 aliphatic rings. The molecule has 1 aromatic heterocycles. The van der Waals surface area contributed by atoms with Crippen LogP contribution in [-0.4, -0.2) is 29.5 Å². The number of methoxy groups -OCH3 is 1. The summed E-state index contributed by atoms with van der Waals surface area (Å²) >= 11 is 0. The highest BCUT2D eigenvalue weighted by molar-refractivity contribution is 6.04. The molecule has 0 radical (unpaired) electrons. The molecule has 6 heteroatoms. The second kappa shape index (κ2) is 8.99. The molecule has 0 saturated heterocycles. The number of aromatic nitrogens is 2. The first kappa shape index (κ1) is 19.4. The summed E-state index contributed by atoms with van der Waals surface area (Å²) in [6, 6.07) is 13.9. The minimum atomic E-state index is -0.227. The van der Waals surface area contributed by atoms with Gasteiger partial charge in [-0.3, -0.25) is 4.79 Å². The van der Waals surface area contributed by atoms with E-state index in [1.54, 1.807) is 7.11 Å². The van der Waals surface area contributed by atoms with Crippen LogP contribution < -0.4 is 15.4 Å². The van der Waals surface area contributed by atoms with E-state index in [2.05, 4.69) is 26.7 Å². The number of nitrogens with zero attached hydrogens (tertiary/aromatic N) is 2. The molecule has 0 spiro atoms. The maximum Gasteiger partial charge on any atom is 0.258 e. The van der Waals surface area contributed by atoms with E-state index in [-0.39, 0.29) is 5.91 Å². The molecular weight excluding hydrogens is 352 g/mol. The molecule has 0 bridgehead atoms. The molecule has 0 fully saturated rings. The fourth-order valence-electron chi connectivity index (χ4n) is 2.90. The third kappa shape index (κ3) is 5.30. The van der Waals surface area contributed by atoms with Crippen molar-refractivity contribution in [3.05, 3.63) is 77.1 Å². The third-order valence-electron chi connectivity index (χ3n) is 4.25. The van der Waals surface area contributed by atoms with Gasteiger partial charge in [0.2, 0.25) is 5.95 Å². The lowest BCUT2D eigenvalue weighted by molar-refractivity contribution is 0.102. The topological polar surface area (TPSA) is 76.1 Å². The van der Waals surface area contributed by atoms with Gasteiger partial charge in [-0.05, 0) is 61.2 Å². The van der Waals surface area contributed by atoms with Gasteiger partial charge in [-0.1, -0.05) is 18.2 Å². The van der Waals surface area contributed by atoms with Crippen LogP contribution >= 0.6 is 0 Å². The van der Waals surface area contributed by atoms with Crippen molar-refractivity contribution in [3.63, 3.8) is 0 Å². The van der Waals surface area contributed by atoms with Crippen molar-refractivity contribution in [1.29, 1.82) is 0 Å². The van der Waals surface area contributed by atoms with E-state index >= 15 is 0 Å². The van der Waals surface area contributed by atoms with Crippen LogP contribution in [-0.2, 0) is 6.42 Å². The van der Waals surface area contributed by atoms with E-state index in [9.17, 15) is 4.79 Å². The minimum Gasteiger partial charge on any atom is -0.497 e. The summed E-state index contributed by atoms with van der Waals surface area (Å²) in [5.41, 5.74) is 4.58. The molecule has 0 saturated carbocycles. The van der Waals surface area contributed by atoms with Crippen LogP contribution in [0.4, 0.5) is 11.6 Å². The van der Waals surface area contributed by atoms with E-state index in [0.717, 1.165) is 29.0 Å². The number of hydrogen-bond acceptors (Lipinski definition) is 5. The highest BCUT2D eigenvalue weighted by atomic mass is 16.5. The number of hydrogen-bond donors (Lipinski definition) is 2. The van der Waals surface area contributed by atoms with Gasteiger partial charge >= 0.3 is 0 Å². The van der Waals surface area contributed by atoms with Gasteiger partial charge in [-0.15, -0.1) is 0 Å². The monoisotopic (exact) mass is 376 g/mol. The Kier molecular flexibility index (Phi) is 6.22. The second-order valence-corrected chi connectivity index (χ2v) is 6.65.